The molecule has 0 saturated heterocycles. The van der Waals surface area contributed by atoms with Crippen LogP contribution in [-0.4, -0.2) is 20.4 Å². The Morgan fingerprint density at radius 3 is 2.83 bits per heavy atom. The Morgan fingerprint density at radius 1 is 1.33 bits per heavy atom. The molecule has 0 N–H and O–H groups in total. The van der Waals surface area contributed by atoms with Crippen LogP contribution in [0.4, 0.5) is 0 Å². The Kier molecular flexibility index (Phi) is 4.90. The Bertz CT molecular complexity index is 853. The van der Waals surface area contributed by atoms with E-state index in [9.17, 15) is 9.59 Å². The van der Waals surface area contributed by atoms with Crippen LogP contribution in [0.2, 0.25) is 0 Å². The molecule has 3 rings (SSSR count). The number of pyridine rings is 1. The molecule has 0 radical (unpaired) electrons. The zero-order valence-corrected chi connectivity index (χ0v) is 14.0. The smallest absolute Gasteiger partial charge is 0.307 e. The predicted octanol–water partition coefficient (Wildman–Crippen LogP) is 2.44. The monoisotopic (exact) mass is 343 g/mol. The molecule has 0 atom stereocenters. The lowest BCUT2D eigenvalue weighted by atomic mass is 10.2. The lowest BCUT2D eigenvalue weighted by Gasteiger charge is -2.22. The number of carbonyl (C=O) groups is 1. The third kappa shape index (κ3) is 3.80. The molecule has 24 heavy (non-hydrogen) atoms. The number of carbonyl (C=O) groups excluding carboxylic acids is 1. The van der Waals surface area contributed by atoms with Crippen LogP contribution in [0.25, 0.3) is 0 Å². The highest BCUT2D eigenvalue weighted by atomic mass is 32.1. The third-order valence-corrected chi connectivity index (χ3v) is 4.53. The van der Waals surface area contributed by atoms with Gasteiger partial charge in [-0.2, -0.15) is 0 Å². The summed E-state index contributed by atoms with van der Waals surface area (Å²) < 4.78 is 6.85. The van der Waals surface area contributed by atoms with Crippen molar-refractivity contribution in [2.45, 2.75) is 26.6 Å². The van der Waals surface area contributed by atoms with Crippen molar-refractivity contribution in [3.63, 3.8) is 0 Å². The maximum atomic E-state index is 12.8. The van der Waals surface area contributed by atoms with Crippen LogP contribution in [0.15, 0.2) is 57.5 Å². The summed E-state index contributed by atoms with van der Waals surface area (Å²) in [6.07, 6.45) is 5.00. The number of furan rings is 1. The lowest BCUT2D eigenvalue weighted by Crippen LogP contribution is -2.35. The average molecular weight is 343 g/mol. The molecule has 3 aromatic rings. The van der Waals surface area contributed by atoms with E-state index in [1.807, 2.05) is 25.1 Å². The summed E-state index contributed by atoms with van der Waals surface area (Å²) in [5.74, 6) is 0.556. The van der Waals surface area contributed by atoms with Crippen molar-refractivity contribution in [1.82, 2.24) is 14.5 Å². The third-order valence-electron chi connectivity index (χ3n) is 3.65. The fourth-order valence-corrected chi connectivity index (χ4v) is 3.10. The van der Waals surface area contributed by atoms with Crippen molar-refractivity contribution in [3.05, 3.63) is 75.0 Å². The van der Waals surface area contributed by atoms with Crippen LogP contribution in [0.5, 0.6) is 0 Å². The maximum Gasteiger partial charge on any atom is 0.307 e. The number of rotatable bonds is 6. The molecule has 3 heterocycles. The van der Waals surface area contributed by atoms with Crippen molar-refractivity contribution < 1.29 is 9.21 Å². The van der Waals surface area contributed by atoms with Gasteiger partial charge in [-0.3, -0.25) is 19.1 Å². The van der Waals surface area contributed by atoms with Crippen molar-refractivity contribution in [2.75, 3.05) is 0 Å². The van der Waals surface area contributed by atoms with Crippen molar-refractivity contribution in [2.24, 2.45) is 0 Å². The van der Waals surface area contributed by atoms with Gasteiger partial charge in [0.05, 0.1) is 12.8 Å². The summed E-state index contributed by atoms with van der Waals surface area (Å²) in [7, 11) is 0. The number of thiazole rings is 1. The first-order valence-corrected chi connectivity index (χ1v) is 8.35. The number of hydrogen-bond donors (Lipinski definition) is 0. The van der Waals surface area contributed by atoms with E-state index in [0.29, 0.717) is 18.8 Å². The zero-order chi connectivity index (χ0) is 16.9. The van der Waals surface area contributed by atoms with E-state index in [2.05, 4.69) is 4.98 Å². The van der Waals surface area contributed by atoms with E-state index in [1.165, 1.54) is 4.57 Å². The van der Waals surface area contributed by atoms with E-state index in [-0.39, 0.29) is 17.3 Å². The van der Waals surface area contributed by atoms with E-state index < -0.39 is 0 Å². The lowest BCUT2D eigenvalue weighted by molar-refractivity contribution is -0.133. The molecule has 0 unspecified atom stereocenters. The Morgan fingerprint density at radius 2 is 2.21 bits per heavy atom. The Hall–Kier alpha value is -2.67. The predicted molar refractivity (Wildman–Crippen MR) is 90.5 cm³/mol. The number of aromatic nitrogens is 2. The molecule has 0 aromatic carbocycles. The minimum Gasteiger partial charge on any atom is -0.467 e. The largest absolute Gasteiger partial charge is 0.467 e. The van der Waals surface area contributed by atoms with Crippen LogP contribution >= 0.6 is 11.3 Å². The van der Waals surface area contributed by atoms with Crippen molar-refractivity contribution >= 4 is 17.2 Å². The highest BCUT2D eigenvalue weighted by Gasteiger charge is 2.18. The van der Waals surface area contributed by atoms with E-state index >= 15 is 0 Å². The minimum absolute atomic E-state index is 0.0230. The average Bonchev–Trinajstić information content (AvgIpc) is 3.20. The summed E-state index contributed by atoms with van der Waals surface area (Å²) in [4.78, 5) is 30.2. The number of hydrogen-bond acceptors (Lipinski definition) is 5. The molecular formula is C17H17N3O3S. The molecule has 0 spiro atoms. The van der Waals surface area contributed by atoms with Crippen LogP contribution in [0.3, 0.4) is 0 Å². The van der Waals surface area contributed by atoms with Gasteiger partial charge in [0.25, 0.3) is 0 Å². The molecule has 124 valence electrons. The van der Waals surface area contributed by atoms with Crippen LogP contribution in [0.1, 0.15) is 17.0 Å². The van der Waals surface area contributed by atoms with Crippen molar-refractivity contribution in [3.8, 4) is 0 Å². The summed E-state index contributed by atoms with van der Waals surface area (Å²) in [6.45, 7) is 2.60. The molecule has 1 amide bonds. The summed E-state index contributed by atoms with van der Waals surface area (Å²) in [5.41, 5.74) is 1.71. The molecule has 0 aliphatic carbocycles. The summed E-state index contributed by atoms with van der Waals surface area (Å²) in [5, 5.41) is 1.76. The van der Waals surface area contributed by atoms with Gasteiger partial charge >= 0.3 is 4.87 Å². The number of nitrogens with zero attached hydrogens (tertiary/aromatic N) is 3. The van der Waals surface area contributed by atoms with E-state index in [1.54, 1.807) is 35.0 Å². The highest BCUT2D eigenvalue weighted by Crippen LogP contribution is 2.11. The van der Waals surface area contributed by atoms with Gasteiger partial charge in [0.1, 0.15) is 12.3 Å². The summed E-state index contributed by atoms with van der Waals surface area (Å²) >= 11 is 1.10. The highest BCUT2D eigenvalue weighted by molar-refractivity contribution is 7.07. The number of aryl methyl sites for hydroxylation is 1. The fraction of sp³-hybridized carbons (Fsp3) is 0.235. The maximum absolute atomic E-state index is 12.8. The normalized spacial score (nSPS) is 10.7. The first-order chi connectivity index (χ1) is 11.6. The van der Waals surface area contributed by atoms with Gasteiger partial charge in [-0.15, -0.1) is 0 Å². The zero-order valence-electron chi connectivity index (χ0n) is 13.2. The van der Waals surface area contributed by atoms with Crippen LogP contribution < -0.4 is 4.87 Å². The van der Waals surface area contributed by atoms with Crippen molar-refractivity contribution in [1.29, 1.82) is 0 Å². The van der Waals surface area contributed by atoms with Gasteiger partial charge in [0, 0.05) is 30.0 Å². The first-order valence-electron chi connectivity index (χ1n) is 7.47. The molecule has 0 fully saturated rings. The Labute approximate surface area is 143 Å². The molecule has 3 aromatic heterocycles. The second-order valence-electron chi connectivity index (χ2n) is 5.42. The molecule has 0 aliphatic heterocycles. The van der Waals surface area contributed by atoms with Gasteiger partial charge in [-0.1, -0.05) is 17.4 Å². The van der Waals surface area contributed by atoms with Crippen LogP contribution in [0, 0.1) is 6.92 Å². The quantitative estimate of drug-likeness (QED) is 0.689. The van der Waals surface area contributed by atoms with Gasteiger partial charge in [-0.05, 0) is 30.7 Å². The number of amides is 1. The molecule has 6 nitrogen and oxygen atoms in total. The van der Waals surface area contributed by atoms with E-state index in [0.717, 1.165) is 22.6 Å². The molecular weight excluding hydrogens is 326 g/mol. The molecule has 0 bridgehead atoms. The minimum atomic E-state index is -0.140. The van der Waals surface area contributed by atoms with E-state index in [4.69, 9.17) is 4.42 Å². The SMILES string of the molecule is Cc1csc(=O)n1CC(=O)N(Cc1cccnc1)Cc1ccco1. The molecule has 0 aliphatic rings. The van der Waals surface area contributed by atoms with Gasteiger partial charge in [0.2, 0.25) is 5.91 Å². The topological polar surface area (TPSA) is 68.3 Å². The Balaban J connectivity index is 1.80. The fourth-order valence-electron chi connectivity index (χ4n) is 2.37. The molecule has 0 saturated carbocycles. The van der Waals surface area contributed by atoms with Gasteiger partial charge < -0.3 is 9.32 Å². The second-order valence-corrected chi connectivity index (χ2v) is 6.24. The van der Waals surface area contributed by atoms with Gasteiger partial charge in [-0.25, -0.2) is 0 Å². The standard InChI is InChI=1S/C17H17N3O3S/c1-13-12-24-17(22)20(13)11-16(21)19(10-15-5-3-7-23-15)9-14-4-2-6-18-8-14/h2-8,12H,9-11H2,1H3. The summed E-state index contributed by atoms with van der Waals surface area (Å²) in [6, 6.07) is 7.36. The first kappa shape index (κ1) is 16.2. The molecule has 7 heteroatoms. The van der Waals surface area contributed by atoms with Crippen LogP contribution in [-0.2, 0) is 24.4 Å². The van der Waals surface area contributed by atoms with Gasteiger partial charge in [0.15, 0.2) is 0 Å². The second kappa shape index (κ2) is 7.27.